The molecule has 0 radical (unpaired) electrons. The molecule has 0 bridgehead atoms. The lowest BCUT2D eigenvalue weighted by Crippen LogP contribution is -2.28. The number of carbonyl (C=O) groups is 2. The Bertz CT molecular complexity index is 462. The van der Waals surface area contributed by atoms with E-state index in [0.29, 0.717) is 5.01 Å². The van der Waals surface area contributed by atoms with Crippen molar-refractivity contribution in [3.63, 3.8) is 0 Å². The molecule has 19 heavy (non-hydrogen) atoms. The van der Waals surface area contributed by atoms with Gasteiger partial charge in [0.05, 0.1) is 10.8 Å². The number of nitrogens with zero attached hydrogens (tertiary/aromatic N) is 1. The number of rotatable bonds is 6. The number of amides is 1. The highest BCUT2D eigenvalue weighted by atomic mass is 32.2. The maximum atomic E-state index is 11.8. The van der Waals surface area contributed by atoms with Crippen LogP contribution in [0.25, 0.3) is 0 Å². The van der Waals surface area contributed by atoms with E-state index in [1.165, 1.54) is 5.38 Å². The van der Waals surface area contributed by atoms with Gasteiger partial charge in [-0.2, -0.15) is 13.2 Å². The van der Waals surface area contributed by atoms with Crippen LogP contribution in [0, 0.1) is 0 Å². The van der Waals surface area contributed by atoms with E-state index in [-0.39, 0.29) is 18.7 Å². The first-order chi connectivity index (χ1) is 8.78. The van der Waals surface area contributed by atoms with Crippen LogP contribution in [0.3, 0.4) is 0 Å². The zero-order chi connectivity index (χ0) is 14.5. The molecule has 0 aliphatic rings. The van der Waals surface area contributed by atoms with Crippen molar-refractivity contribution in [1.29, 1.82) is 0 Å². The van der Waals surface area contributed by atoms with E-state index in [0.717, 1.165) is 11.3 Å². The quantitative estimate of drug-likeness (QED) is 0.836. The minimum atomic E-state index is -4.43. The smallest absolute Gasteiger partial charge is 0.442 e. The van der Waals surface area contributed by atoms with E-state index >= 15 is 0 Å². The molecular formula is C9H9F3N2O3S2. The monoisotopic (exact) mass is 314 g/mol. The number of hydrogen-bond acceptors (Lipinski definition) is 5. The summed E-state index contributed by atoms with van der Waals surface area (Å²) in [5.41, 5.74) is -4.51. The molecule has 1 rings (SSSR count). The van der Waals surface area contributed by atoms with Crippen molar-refractivity contribution in [3.8, 4) is 0 Å². The van der Waals surface area contributed by atoms with Crippen LogP contribution in [0.2, 0.25) is 0 Å². The van der Waals surface area contributed by atoms with Gasteiger partial charge in [-0.05, 0) is 11.8 Å². The number of halogens is 3. The van der Waals surface area contributed by atoms with Gasteiger partial charge in [0.25, 0.3) is 0 Å². The standard InChI is InChI=1S/C9H9F3N2O3S2/c10-9(11,12)19-4-6(15)13-2-1-7-14-5(3-18-7)8(16)17/h3H,1-2,4H2,(H,13,15)(H,16,17). The van der Waals surface area contributed by atoms with Crippen LogP contribution in [-0.2, 0) is 11.2 Å². The van der Waals surface area contributed by atoms with E-state index in [4.69, 9.17) is 5.11 Å². The van der Waals surface area contributed by atoms with Crippen molar-refractivity contribution < 1.29 is 27.9 Å². The summed E-state index contributed by atoms with van der Waals surface area (Å²) >= 11 is 0.712. The van der Waals surface area contributed by atoms with Gasteiger partial charge in [0.1, 0.15) is 0 Å². The Morgan fingerprint density at radius 2 is 2.16 bits per heavy atom. The normalized spacial score (nSPS) is 11.3. The molecule has 2 N–H and O–H groups in total. The fourth-order valence-electron chi connectivity index (χ4n) is 1.03. The second-order valence-corrected chi connectivity index (χ2v) is 5.25. The molecule has 0 aliphatic carbocycles. The zero-order valence-corrected chi connectivity index (χ0v) is 11.0. The van der Waals surface area contributed by atoms with Gasteiger partial charge < -0.3 is 10.4 Å². The molecule has 0 fully saturated rings. The maximum absolute atomic E-state index is 11.8. The lowest BCUT2D eigenvalue weighted by atomic mass is 10.4. The van der Waals surface area contributed by atoms with Crippen molar-refractivity contribution in [2.45, 2.75) is 11.9 Å². The van der Waals surface area contributed by atoms with E-state index in [2.05, 4.69) is 10.3 Å². The maximum Gasteiger partial charge on any atom is 0.442 e. The third-order valence-electron chi connectivity index (χ3n) is 1.80. The number of carbonyl (C=O) groups excluding carboxylic acids is 1. The molecule has 0 atom stereocenters. The van der Waals surface area contributed by atoms with E-state index in [1.807, 2.05) is 0 Å². The van der Waals surface area contributed by atoms with Gasteiger partial charge in [0.2, 0.25) is 5.91 Å². The summed E-state index contributed by atoms with van der Waals surface area (Å²) in [6.45, 7) is 0.115. The summed E-state index contributed by atoms with van der Waals surface area (Å²) in [7, 11) is 0. The Kier molecular flexibility index (Phi) is 5.60. The number of aromatic carboxylic acids is 1. The number of thioether (sulfide) groups is 1. The molecule has 106 valence electrons. The molecular weight excluding hydrogens is 305 g/mol. The Hall–Kier alpha value is -1.29. The summed E-state index contributed by atoms with van der Waals surface area (Å²) in [5.74, 6) is -2.56. The molecule has 10 heteroatoms. The lowest BCUT2D eigenvalue weighted by molar-refractivity contribution is -0.118. The molecule has 0 saturated carbocycles. The van der Waals surface area contributed by atoms with Gasteiger partial charge in [-0.15, -0.1) is 11.3 Å². The molecule has 1 amide bonds. The first kappa shape index (κ1) is 15.8. The third-order valence-corrected chi connectivity index (χ3v) is 3.44. The van der Waals surface area contributed by atoms with E-state index < -0.39 is 34.9 Å². The van der Waals surface area contributed by atoms with Crippen LogP contribution >= 0.6 is 23.1 Å². The number of alkyl halides is 3. The number of thiazole rings is 1. The summed E-state index contributed by atoms with van der Waals surface area (Å²) in [4.78, 5) is 25.4. The van der Waals surface area contributed by atoms with Crippen molar-refractivity contribution >= 4 is 35.0 Å². The van der Waals surface area contributed by atoms with E-state index in [9.17, 15) is 22.8 Å². The molecule has 0 aliphatic heterocycles. The second-order valence-electron chi connectivity index (χ2n) is 3.27. The first-order valence-electron chi connectivity index (χ1n) is 4.93. The molecule has 0 spiro atoms. The number of hydrogen-bond donors (Lipinski definition) is 2. The summed E-state index contributed by atoms with van der Waals surface area (Å²) in [5, 5.41) is 12.8. The van der Waals surface area contributed by atoms with Gasteiger partial charge in [-0.3, -0.25) is 4.79 Å². The predicted octanol–water partition coefficient (Wildman–Crippen LogP) is 1.75. The Morgan fingerprint density at radius 3 is 2.68 bits per heavy atom. The minimum Gasteiger partial charge on any atom is -0.476 e. The van der Waals surface area contributed by atoms with Gasteiger partial charge >= 0.3 is 11.5 Å². The van der Waals surface area contributed by atoms with Crippen LogP contribution in [0.4, 0.5) is 13.2 Å². The fourth-order valence-corrected chi connectivity index (χ4v) is 2.20. The van der Waals surface area contributed by atoms with Crippen molar-refractivity contribution in [3.05, 3.63) is 16.1 Å². The van der Waals surface area contributed by atoms with Crippen LogP contribution in [0.1, 0.15) is 15.5 Å². The Labute approximate surface area is 114 Å². The number of carboxylic acids is 1. The van der Waals surface area contributed by atoms with Gasteiger partial charge in [0, 0.05) is 18.3 Å². The Balaban J connectivity index is 2.26. The van der Waals surface area contributed by atoms with Crippen LogP contribution in [-0.4, -0.2) is 39.8 Å². The topological polar surface area (TPSA) is 79.3 Å². The number of aromatic nitrogens is 1. The highest BCUT2D eigenvalue weighted by molar-refractivity contribution is 8.00. The molecule has 0 saturated heterocycles. The second kappa shape index (κ2) is 6.75. The fraction of sp³-hybridized carbons (Fsp3) is 0.444. The van der Waals surface area contributed by atoms with Gasteiger partial charge in [-0.1, -0.05) is 0 Å². The summed E-state index contributed by atoms with van der Waals surface area (Å²) in [6, 6.07) is 0. The van der Waals surface area contributed by atoms with Crippen molar-refractivity contribution in [2.24, 2.45) is 0 Å². The predicted molar refractivity (Wildman–Crippen MR) is 64.3 cm³/mol. The Morgan fingerprint density at radius 1 is 1.47 bits per heavy atom. The van der Waals surface area contributed by atoms with Crippen LogP contribution in [0.15, 0.2) is 5.38 Å². The third kappa shape index (κ3) is 6.43. The van der Waals surface area contributed by atoms with E-state index in [1.54, 1.807) is 0 Å². The molecule has 0 unspecified atom stereocenters. The molecule has 1 aromatic rings. The average Bonchev–Trinajstić information content (AvgIpc) is 2.74. The molecule has 1 aromatic heterocycles. The van der Waals surface area contributed by atoms with Crippen LogP contribution in [0.5, 0.6) is 0 Å². The van der Waals surface area contributed by atoms with Crippen molar-refractivity contribution in [1.82, 2.24) is 10.3 Å². The highest BCUT2D eigenvalue weighted by Crippen LogP contribution is 2.29. The molecule has 5 nitrogen and oxygen atoms in total. The SMILES string of the molecule is O=C(CSC(F)(F)F)NCCc1nc(C(=O)O)cs1. The molecule has 1 heterocycles. The van der Waals surface area contributed by atoms with Crippen LogP contribution < -0.4 is 5.32 Å². The number of nitrogens with one attached hydrogen (secondary N) is 1. The highest BCUT2D eigenvalue weighted by Gasteiger charge is 2.29. The zero-order valence-electron chi connectivity index (χ0n) is 9.36. The summed E-state index contributed by atoms with van der Waals surface area (Å²) < 4.78 is 35.4. The number of carboxylic acid groups (broad SMARTS) is 1. The van der Waals surface area contributed by atoms with Crippen molar-refractivity contribution in [2.75, 3.05) is 12.3 Å². The lowest BCUT2D eigenvalue weighted by Gasteiger charge is -2.06. The van der Waals surface area contributed by atoms with Gasteiger partial charge in [0.15, 0.2) is 5.69 Å². The first-order valence-corrected chi connectivity index (χ1v) is 6.79. The molecule has 0 aromatic carbocycles. The van der Waals surface area contributed by atoms with Gasteiger partial charge in [-0.25, -0.2) is 9.78 Å². The largest absolute Gasteiger partial charge is 0.476 e. The average molecular weight is 314 g/mol. The summed E-state index contributed by atoms with van der Waals surface area (Å²) in [6.07, 6.45) is 0.278. The minimum absolute atomic E-state index is 0.0843.